The molecule has 0 saturated carbocycles. The molecule has 0 fully saturated rings. The number of nitrogens with one attached hydrogen (secondary N) is 1. The fraction of sp³-hybridized carbons (Fsp3) is 0.133. The van der Waals surface area contributed by atoms with Crippen LogP contribution in [0.5, 0.6) is 0 Å². The molecule has 0 radical (unpaired) electrons. The standard InChI is InChI=1S/C15H14N2O4/c18-14(19)12-6-7-13(16-8-12)9-17-15(20)21-10-11-4-2-1-3-5-11/h1-8H,9-10H2,(H,17,20)(H,18,19). The molecule has 0 aliphatic heterocycles. The molecule has 108 valence electrons. The second-order valence-corrected chi connectivity index (χ2v) is 4.26. The summed E-state index contributed by atoms with van der Waals surface area (Å²) in [6.45, 7) is 0.367. The normalized spacial score (nSPS) is 9.90. The number of nitrogens with zero attached hydrogens (tertiary/aromatic N) is 1. The summed E-state index contributed by atoms with van der Waals surface area (Å²) >= 11 is 0. The van der Waals surface area contributed by atoms with Gasteiger partial charge >= 0.3 is 12.1 Å². The number of amides is 1. The number of aromatic carboxylic acids is 1. The Morgan fingerprint density at radius 2 is 1.90 bits per heavy atom. The lowest BCUT2D eigenvalue weighted by Gasteiger charge is -2.07. The van der Waals surface area contributed by atoms with E-state index in [9.17, 15) is 9.59 Å². The highest BCUT2D eigenvalue weighted by atomic mass is 16.5. The van der Waals surface area contributed by atoms with Gasteiger partial charge in [-0.1, -0.05) is 30.3 Å². The topological polar surface area (TPSA) is 88.5 Å². The lowest BCUT2D eigenvalue weighted by molar-refractivity contribution is 0.0696. The zero-order chi connectivity index (χ0) is 15.1. The number of carbonyl (C=O) groups is 2. The number of carbonyl (C=O) groups excluding carboxylic acids is 1. The van der Waals surface area contributed by atoms with Crippen LogP contribution < -0.4 is 5.32 Å². The Balaban J connectivity index is 1.77. The van der Waals surface area contributed by atoms with Crippen LogP contribution in [0.15, 0.2) is 48.7 Å². The highest BCUT2D eigenvalue weighted by Gasteiger charge is 2.05. The Morgan fingerprint density at radius 1 is 1.14 bits per heavy atom. The first-order valence-corrected chi connectivity index (χ1v) is 6.28. The van der Waals surface area contributed by atoms with Crippen molar-refractivity contribution < 1.29 is 19.4 Å². The summed E-state index contributed by atoms with van der Waals surface area (Å²) in [5, 5.41) is 11.3. The fourth-order valence-corrected chi connectivity index (χ4v) is 1.59. The summed E-state index contributed by atoms with van der Waals surface area (Å²) in [7, 11) is 0. The molecular formula is C15H14N2O4. The summed E-state index contributed by atoms with van der Waals surface area (Å²) in [5.41, 5.74) is 1.55. The number of aromatic nitrogens is 1. The Kier molecular flexibility index (Phi) is 4.87. The van der Waals surface area contributed by atoms with E-state index in [-0.39, 0.29) is 18.7 Å². The van der Waals surface area contributed by atoms with Crippen molar-refractivity contribution in [1.82, 2.24) is 10.3 Å². The molecule has 1 aromatic carbocycles. The van der Waals surface area contributed by atoms with Crippen molar-refractivity contribution >= 4 is 12.1 Å². The van der Waals surface area contributed by atoms with E-state index in [1.54, 1.807) is 6.07 Å². The molecule has 0 bridgehead atoms. The van der Waals surface area contributed by atoms with Gasteiger partial charge in [-0.25, -0.2) is 9.59 Å². The molecule has 21 heavy (non-hydrogen) atoms. The molecule has 0 atom stereocenters. The first-order chi connectivity index (χ1) is 10.1. The number of pyridine rings is 1. The quantitative estimate of drug-likeness (QED) is 0.879. The van der Waals surface area contributed by atoms with Gasteiger partial charge in [-0.05, 0) is 17.7 Å². The first-order valence-electron chi connectivity index (χ1n) is 6.28. The van der Waals surface area contributed by atoms with Crippen molar-refractivity contribution in [3.8, 4) is 0 Å². The lowest BCUT2D eigenvalue weighted by Crippen LogP contribution is -2.24. The van der Waals surface area contributed by atoms with Gasteiger partial charge in [0.25, 0.3) is 0 Å². The number of carboxylic acids is 1. The minimum atomic E-state index is -1.04. The molecule has 0 aliphatic carbocycles. The van der Waals surface area contributed by atoms with Crippen LogP contribution in [0.1, 0.15) is 21.6 Å². The van der Waals surface area contributed by atoms with Crippen LogP contribution in [0, 0.1) is 0 Å². The van der Waals surface area contributed by atoms with Crippen LogP contribution >= 0.6 is 0 Å². The van der Waals surface area contributed by atoms with E-state index in [1.807, 2.05) is 30.3 Å². The van der Waals surface area contributed by atoms with Gasteiger partial charge in [0.2, 0.25) is 0 Å². The molecule has 0 spiro atoms. The predicted octanol–water partition coefficient (Wildman–Crippen LogP) is 2.21. The van der Waals surface area contributed by atoms with Crippen LogP contribution in [0.4, 0.5) is 4.79 Å². The molecule has 2 rings (SSSR count). The Morgan fingerprint density at radius 3 is 2.52 bits per heavy atom. The zero-order valence-corrected chi connectivity index (χ0v) is 11.2. The SMILES string of the molecule is O=C(NCc1ccc(C(=O)O)cn1)OCc1ccccc1. The van der Waals surface area contributed by atoms with E-state index in [0.29, 0.717) is 5.69 Å². The molecule has 0 saturated heterocycles. The van der Waals surface area contributed by atoms with E-state index in [4.69, 9.17) is 9.84 Å². The molecule has 0 unspecified atom stereocenters. The summed E-state index contributed by atoms with van der Waals surface area (Å²) in [6.07, 6.45) is 0.692. The number of benzene rings is 1. The number of hydrogen-bond donors (Lipinski definition) is 2. The van der Waals surface area contributed by atoms with Gasteiger partial charge in [-0.15, -0.1) is 0 Å². The van der Waals surface area contributed by atoms with Crippen molar-refractivity contribution in [1.29, 1.82) is 0 Å². The molecular weight excluding hydrogens is 272 g/mol. The van der Waals surface area contributed by atoms with Gasteiger partial charge < -0.3 is 15.2 Å². The van der Waals surface area contributed by atoms with Gasteiger partial charge in [0.1, 0.15) is 6.61 Å². The second-order valence-electron chi connectivity index (χ2n) is 4.26. The highest BCUT2D eigenvalue weighted by Crippen LogP contribution is 2.02. The molecule has 1 heterocycles. The monoisotopic (exact) mass is 286 g/mol. The van der Waals surface area contributed by atoms with Crippen molar-refractivity contribution in [3.05, 3.63) is 65.5 Å². The van der Waals surface area contributed by atoms with E-state index < -0.39 is 12.1 Å². The highest BCUT2D eigenvalue weighted by molar-refractivity contribution is 5.87. The maximum absolute atomic E-state index is 11.5. The Bertz CT molecular complexity index is 611. The molecule has 2 aromatic rings. The van der Waals surface area contributed by atoms with Crippen LogP contribution in [0.3, 0.4) is 0 Å². The fourth-order valence-electron chi connectivity index (χ4n) is 1.59. The van der Waals surface area contributed by atoms with Crippen LogP contribution in [-0.2, 0) is 17.9 Å². The van der Waals surface area contributed by atoms with Gasteiger partial charge in [0.05, 0.1) is 17.8 Å². The molecule has 1 aromatic heterocycles. The van der Waals surface area contributed by atoms with Crippen molar-refractivity contribution in [3.63, 3.8) is 0 Å². The zero-order valence-electron chi connectivity index (χ0n) is 11.2. The Hall–Kier alpha value is -2.89. The van der Waals surface area contributed by atoms with Crippen molar-refractivity contribution in [2.24, 2.45) is 0 Å². The third kappa shape index (κ3) is 4.61. The maximum atomic E-state index is 11.5. The Labute approximate surface area is 121 Å². The largest absolute Gasteiger partial charge is 0.478 e. The van der Waals surface area contributed by atoms with Crippen molar-refractivity contribution in [2.45, 2.75) is 13.2 Å². The summed E-state index contributed by atoms with van der Waals surface area (Å²) in [5.74, 6) is -1.04. The molecule has 1 amide bonds. The van der Waals surface area contributed by atoms with E-state index >= 15 is 0 Å². The summed E-state index contributed by atoms with van der Waals surface area (Å²) < 4.78 is 5.04. The first kappa shape index (κ1) is 14.5. The molecule has 0 aliphatic rings. The number of alkyl carbamates (subject to hydrolysis) is 1. The number of rotatable bonds is 5. The average molecular weight is 286 g/mol. The van der Waals surface area contributed by atoms with Crippen LogP contribution in [0.2, 0.25) is 0 Å². The van der Waals surface area contributed by atoms with Crippen molar-refractivity contribution in [2.75, 3.05) is 0 Å². The van der Waals surface area contributed by atoms with Gasteiger partial charge in [-0.2, -0.15) is 0 Å². The van der Waals surface area contributed by atoms with E-state index in [0.717, 1.165) is 5.56 Å². The number of hydrogen-bond acceptors (Lipinski definition) is 4. The molecule has 2 N–H and O–H groups in total. The van der Waals surface area contributed by atoms with E-state index in [2.05, 4.69) is 10.3 Å². The van der Waals surface area contributed by atoms with E-state index in [1.165, 1.54) is 12.3 Å². The molecule has 6 nitrogen and oxygen atoms in total. The second kappa shape index (κ2) is 7.04. The molecule has 6 heteroatoms. The smallest absolute Gasteiger partial charge is 0.407 e. The third-order valence-electron chi connectivity index (χ3n) is 2.70. The lowest BCUT2D eigenvalue weighted by atomic mass is 10.2. The van der Waals surface area contributed by atoms with Gasteiger partial charge in [0, 0.05) is 6.20 Å². The number of ether oxygens (including phenoxy) is 1. The predicted molar refractivity (Wildman–Crippen MR) is 74.7 cm³/mol. The van der Waals surface area contributed by atoms with Crippen LogP contribution in [0.25, 0.3) is 0 Å². The van der Waals surface area contributed by atoms with Gasteiger partial charge in [0.15, 0.2) is 0 Å². The van der Waals surface area contributed by atoms with Gasteiger partial charge in [-0.3, -0.25) is 4.98 Å². The minimum absolute atomic E-state index is 0.102. The minimum Gasteiger partial charge on any atom is -0.478 e. The average Bonchev–Trinajstić information content (AvgIpc) is 2.52. The number of carboxylic acid groups (broad SMARTS) is 1. The summed E-state index contributed by atoms with van der Waals surface area (Å²) in [4.78, 5) is 26.1. The van der Waals surface area contributed by atoms with Crippen LogP contribution in [-0.4, -0.2) is 22.2 Å². The summed E-state index contributed by atoms with van der Waals surface area (Å²) in [6, 6.07) is 12.3. The maximum Gasteiger partial charge on any atom is 0.407 e. The third-order valence-corrected chi connectivity index (χ3v) is 2.70.